The van der Waals surface area contributed by atoms with Crippen LogP contribution in [0.1, 0.15) is 42.5 Å². The highest BCUT2D eigenvalue weighted by Gasteiger charge is 2.58. The Morgan fingerprint density at radius 2 is 2.00 bits per heavy atom. The van der Waals surface area contributed by atoms with Gasteiger partial charge in [-0.25, -0.2) is 9.78 Å². The number of nitrogens with two attached hydrogens (primary N) is 1. The number of aromatic carboxylic acids is 1. The number of carbonyl (C=O) groups is 2. The van der Waals surface area contributed by atoms with E-state index in [4.69, 9.17) is 5.73 Å². The molecule has 1 amide bonds. The van der Waals surface area contributed by atoms with Gasteiger partial charge in [0.1, 0.15) is 11.2 Å². The molecule has 2 aromatic heterocycles. The maximum absolute atomic E-state index is 12.1. The fourth-order valence-electron chi connectivity index (χ4n) is 6.05. The molecule has 0 aliphatic heterocycles. The molecule has 7 heteroatoms. The first-order valence-corrected chi connectivity index (χ1v) is 9.23. The minimum atomic E-state index is -0.986. The van der Waals surface area contributed by atoms with Gasteiger partial charge >= 0.3 is 5.97 Å². The summed E-state index contributed by atoms with van der Waals surface area (Å²) in [6, 6.07) is 2.04. The van der Waals surface area contributed by atoms with Gasteiger partial charge in [-0.15, -0.1) is 0 Å². The topological polar surface area (TPSA) is 121 Å². The lowest BCUT2D eigenvalue weighted by Gasteiger charge is -2.59. The fraction of sp³-hybridized carbons (Fsp3) is 0.526. The smallest absolute Gasteiger partial charge is 0.339 e. The van der Waals surface area contributed by atoms with Crippen LogP contribution in [0.3, 0.4) is 0 Å². The molecule has 2 aromatic rings. The number of carboxylic acid groups (broad SMARTS) is 1. The second-order valence-corrected chi connectivity index (χ2v) is 8.38. The van der Waals surface area contributed by atoms with Crippen molar-refractivity contribution in [2.45, 2.75) is 38.1 Å². The molecule has 0 radical (unpaired) electrons. The summed E-state index contributed by atoms with van der Waals surface area (Å²) in [5.74, 6) is 0.149. The van der Waals surface area contributed by atoms with E-state index in [0.29, 0.717) is 29.1 Å². The molecule has 26 heavy (non-hydrogen) atoms. The normalized spacial score (nSPS) is 34.9. The molecule has 4 bridgehead atoms. The summed E-state index contributed by atoms with van der Waals surface area (Å²) in [4.78, 5) is 31.1. The number of carbonyl (C=O) groups excluding carboxylic acids is 1. The molecule has 7 nitrogen and oxygen atoms in total. The van der Waals surface area contributed by atoms with Crippen molar-refractivity contribution in [3.8, 4) is 0 Å². The van der Waals surface area contributed by atoms with E-state index < -0.39 is 5.97 Å². The predicted octanol–water partition coefficient (Wildman–Crippen LogP) is 2.35. The van der Waals surface area contributed by atoms with E-state index in [1.54, 1.807) is 6.20 Å². The van der Waals surface area contributed by atoms with E-state index in [2.05, 4.69) is 15.3 Å². The van der Waals surface area contributed by atoms with Gasteiger partial charge in [0.05, 0.1) is 5.69 Å². The van der Waals surface area contributed by atoms with Gasteiger partial charge in [0.15, 0.2) is 0 Å². The fourth-order valence-corrected chi connectivity index (χ4v) is 6.05. The van der Waals surface area contributed by atoms with Crippen LogP contribution in [0.15, 0.2) is 18.5 Å². The van der Waals surface area contributed by atoms with Crippen molar-refractivity contribution in [3.05, 3.63) is 24.0 Å². The number of nitrogens with one attached hydrogen (secondary N) is 2. The van der Waals surface area contributed by atoms with E-state index in [-0.39, 0.29) is 22.9 Å². The van der Waals surface area contributed by atoms with Gasteiger partial charge in [0.2, 0.25) is 5.91 Å². The molecular formula is C19H22N4O3. The van der Waals surface area contributed by atoms with Crippen molar-refractivity contribution in [1.82, 2.24) is 9.97 Å². The SMILES string of the molecule is NC(=O)C12CC3CC(C1)C(Nc1c(C(=O)O)cnc4[nH]ccc14)C(C3)C2. The molecule has 0 aromatic carbocycles. The third-order valence-electron chi connectivity index (χ3n) is 6.92. The van der Waals surface area contributed by atoms with Crippen molar-refractivity contribution >= 4 is 28.6 Å². The average molecular weight is 354 g/mol. The Labute approximate surface area is 150 Å². The summed E-state index contributed by atoms with van der Waals surface area (Å²) >= 11 is 0. The number of amides is 1. The number of hydrogen-bond donors (Lipinski definition) is 4. The number of H-pyrrole nitrogens is 1. The van der Waals surface area contributed by atoms with Crippen molar-refractivity contribution < 1.29 is 14.7 Å². The van der Waals surface area contributed by atoms with Crippen LogP contribution in [-0.2, 0) is 4.79 Å². The maximum atomic E-state index is 12.1. The van der Waals surface area contributed by atoms with Crippen LogP contribution in [0.2, 0.25) is 0 Å². The number of pyridine rings is 1. The molecule has 4 saturated carbocycles. The number of primary amides is 1. The number of nitrogens with zero attached hydrogens (tertiary/aromatic N) is 1. The molecule has 4 aliphatic rings. The van der Waals surface area contributed by atoms with E-state index in [1.165, 1.54) is 6.20 Å². The minimum Gasteiger partial charge on any atom is -0.478 e. The Hall–Kier alpha value is -2.57. The predicted molar refractivity (Wildman–Crippen MR) is 95.6 cm³/mol. The van der Waals surface area contributed by atoms with Crippen LogP contribution in [-0.4, -0.2) is 33.0 Å². The van der Waals surface area contributed by atoms with Gasteiger partial charge in [0.25, 0.3) is 0 Å². The number of fused-ring (bicyclic) bond motifs is 1. The Morgan fingerprint density at radius 3 is 2.65 bits per heavy atom. The zero-order valence-electron chi connectivity index (χ0n) is 14.4. The number of rotatable bonds is 4. The lowest BCUT2D eigenvalue weighted by molar-refractivity contribution is -0.143. The van der Waals surface area contributed by atoms with E-state index in [9.17, 15) is 14.7 Å². The quantitative estimate of drug-likeness (QED) is 0.671. The maximum Gasteiger partial charge on any atom is 0.339 e. The van der Waals surface area contributed by atoms with Gasteiger partial charge < -0.3 is 21.1 Å². The van der Waals surface area contributed by atoms with Crippen molar-refractivity contribution in [2.75, 3.05) is 5.32 Å². The third kappa shape index (κ3) is 2.09. The zero-order valence-corrected chi connectivity index (χ0v) is 14.4. The largest absolute Gasteiger partial charge is 0.478 e. The molecule has 2 heterocycles. The van der Waals surface area contributed by atoms with E-state index >= 15 is 0 Å². The number of hydrogen-bond acceptors (Lipinski definition) is 4. The highest BCUT2D eigenvalue weighted by molar-refractivity contribution is 6.03. The zero-order chi connectivity index (χ0) is 18.1. The second-order valence-electron chi connectivity index (χ2n) is 8.38. The van der Waals surface area contributed by atoms with Crippen molar-refractivity contribution in [2.24, 2.45) is 28.9 Å². The minimum absolute atomic E-state index is 0.154. The van der Waals surface area contributed by atoms with Crippen LogP contribution in [0.25, 0.3) is 11.0 Å². The summed E-state index contributed by atoms with van der Waals surface area (Å²) in [6.45, 7) is 0. The summed E-state index contributed by atoms with van der Waals surface area (Å²) in [6.07, 6.45) is 7.92. The molecule has 4 aliphatic carbocycles. The molecule has 2 unspecified atom stereocenters. The average Bonchev–Trinajstić information content (AvgIpc) is 3.06. The first-order chi connectivity index (χ1) is 12.5. The molecule has 6 rings (SSSR count). The van der Waals surface area contributed by atoms with E-state index in [0.717, 1.165) is 37.5 Å². The lowest BCUT2D eigenvalue weighted by Crippen LogP contribution is -2.59. The van der Waals surface area contributed by atoms with Gasteiger partial charge in [0, 0.05) is 29.2 Å². The molecule has 0 spiro atoms. The molecule has 0 saturated heterocycles. The molecular weight excluding hydrogens is 332 g/mol. The number of aromatic amines is 1. The van der Waals surface area contributed by atoms with Crippen LogP contribution < -0.4 is 11.1 Å². The van der Waals surface area contributed by atoms with Crippen LogP contribution in [0, 0.1) is 23.2 Å². The first kappa shape index (κ1) is 15.7. The van der Waals surface area contributed by atoms with Crippen molar-refractivity contribution in [3.63, 3.8) is 0 Å². The highest BCUT2D eigenvalue weighted by Crippen LogP contribution is 2.60. The van der Waals surface area contributed by atoms with Crippen molar-refractivity contribution in [1.29, 1.82) is 0 Å². The number of aromatic nitrogens is 2. The Bertz CT molecular complexity index is 905. The Balaban J connectivity index is 1.53. The number of carboxylic acids is 1. The van der Waals surface area contributed by atoms with Crippen LogP contribution in [0.4, 0.5) is 5.69 Å². The molecule has 2 atom stereocenters. The molecule has 4 fully saturated rings. The van der Waals surface area contributed by atoms with Gasteiger partial charge in [-0.1, -0.05) is 0 Å². The molecule has 5 N–H and O–H groups in total. The van der Waals surface area contributed by atoms with Gasteiger partial charge in [-0.3, -0.25) is 4.79 Å². The summed E-state index contributed by atoms with van der Waals surface area (Å²) in [7, 11) is 0. The monoisotopic (exact) mass is 354 g/mol. The standard InChI is InChI=1S/C19H22N4O3/c20-18(26)19-5-9-3-10(6-19)14(11(4-9)7-19)23-15-12-1-2-21-16(12)22-8-13(15)17(24)25/h1-2,8-11,14H,3-7H2,(H2,20,26)(H,24,25)(H2,21,22,23). The third-order valence-corrected chi connectivity index (χ3v) is 6.92. The Morgan fingerprint density at radius 1 is 1.27 bits per heavy atom. The second kappa shape index (κ2) is 5.22. The molecule has 136 valence electrons. The van der Waals surface area contributed by atoms with Crippen LogP contribution in [0.5, 0.6) is 0 Å². The van der Waals surface area contributed by atoms with E-state index in [1.807, 2.05) is 6.07 Å². The van der Waals surface area contributed by atoms with Gasteiger partial charge in [-0.05, 0) is 55.9 Å². The highest BCUT2D eigenvalue weighted by atomic mass is 16.4. The first-order valence-electron chi connectivity index (χ1n) is 9.23. The lowest BCUT2D eigenvalue weighted by atomic mass is 9.47. The summed E-state index contributed by atoms with van der Waals surface area (Å²) < 4.78 is 0. The van der Waals surface area contributed by atoms with Crippen LogP contribution >= 0.6 is 0 Å². The Kier molecular flexibility index (Phi) is 3.14. The van der Waals surface area contributed by atoms with Gasteiger partial charge in [-0.2, -0.15) is 0 Å². The summed E-state index contributed by atoms with van der Waals surface area (Å²) in [5.41, 5.74) is 6.92. The summed E-state index contributed by atoms with van der Waals surface area (Å²) in [5, 5.41) is 14.0. The number of anilines is 1.